The van der Waals surface area contributed by atoms with Crippen molar-refractivity contribution in [1.29, 1.82) is 0 Å². The molecule has 1 aliphatic rings. The Kier molecular flexibility index (Phi) is 4.09. The fourth-order valence-corrected chi connectivity index (χ4v) is 2.89. The molecule has 1 aromatic heterocycles. The molecule has 0 aromatic carbocycles. The highest BCUT2D eigenvalue weighted by molar-refractivity contribution is 5.93. The van der Waals surface area contributed by atoms with E-state index in [2.05, 4.69) is 13.8 Å². The van der Waals surface area contributed by atoms with E-state index in [1.54, 1.807) is 11.9 Å². The summed E-state index contributed by atoms with van der Waals surface area (Å²) < 4.78 is 10.7. The van der Waals surface area contributed by atoms with Crippen LogP contribution < -0.4 is 0 Å². The van der Waals surface area contributed by atoms with Crippen molar-refractivity contribution in [2.24, 2.45) is 5.41 Å². The lowest BCUT2D eigenvalue weighted by molar-refractivity contribution is -0.137. The highest BCUT2D eigenvalue weighted by atomic mass is 16.5. The molecule has 6 nitrogen and oxygen atoms in total. The second-order valence-corrected chi connectivity index (χ2v) is 5.90. The normalized spacial score (nSPS) is 23.4. The molecule has 1 aromatic rings. The molecule has 1 saturated carbocycles. The van der Waals surface area contributed by atoms with Crippen LogP contribution in [0.5, 0.6) is 0 Å². The number of carboxylic acid groups (broad SMARTS) is 1. The zero-order valence-electron chi connectivity index (χ0n) is 12.8. The first-order chi connectivity index (χ1) is 9.78. The van der Waals surface area contributed by atoms with E-state index in [1.807, 2.05) is 6.92 Å². The Morgan fingerprint density at radius 3 is 2.52 bits per heavy atom. The number of rotatable bonds is 5. The summed E-state index contributed by atoms with van der Waals surface area (Å²) in [5, 5.41) is 8.83. The van der Waals surface area contributed by atoms with Gasteiger partial charge in [-0.25, -0.2) is 4.79 Å². The first-order valence-corrected chi connectivity index (χ1v) is 7.01. The van der Waals surface area contributed by atoms with Crippen LogP contribution in [0.4, 0.5) is 0 Å². The molecule has 1 N–H and O–H groups in total. The van der Waals surface area contributed by atoms with Gasteiger partial charge in [0.15, 0.2) is 5.76 Å². The molecule has 1 heterocycles. The SMILES string of the molecule is CCOC1CC(N(C)C(=O)c2ccc(C(=O)O)o2)C1(C)C. The molecule has 116 valence electrons. The van der Waals surface area contributed by atoms with E-state index in [0.29, 0.717) is 6.61 Å². The quantitative estimate of drug-likeness (QED) is 0.901. The van der Waals surface area contributed by atoms with Crippen LogP contribution in [0, 0.1) is 5.41 Å². The summed E-state index contributed by atoms with van der Waals surface area (Å²) in [6.45, 7) is 6.74. The van der Waals surface area contributed by atoms with E-state index in [4.69, 9.17) is 14.3 Å². The number of amides is 1. The van der Waals surface area contributed by atoms with E-state index >= 15 is 0 Å². The Morgan fingerprint density at radius 2 is 2.05 bits per heavy atom. The van der Waals surface area contributed by atoms with Crippen LogP contribution in [0.2, 0.25) is 0 Å². The monoisotopic (exact) mass is 295 g/mol. The molecule has 1 amide bonds. The van der Waals surface area contributed by atoms with Crippen molar-refractivity contribution in [3.63, 3.8) is 0 Å². The first kappa shape index (κ1) is 15.6. The van der Waals surface area contributed by atoms with Gasteiger partial charge in [-0.05, 0) is 25.5 Å². The fourth-order valence-electron chi connectivity index (χ4n) is 2.89. The van der Waals surface area contributed by atoms with E-state index in [0.717, 1.165) is 6.42 Å². The fraction of sp³-hybridized carbons (Fsp3) is 0.600. The predicted octanol–water partition coefficient (Wildman–Crippen LogP) is 2.25. The molecular weight excluding hydrogens is 274 g/mol. The molecule has 2 unspecified atom stereocenters. The number of ether oxygens (including phenoxy) is 1. The summed E-state index contributed by atoms with van der Waals surface area (Å²) in [5.74, 6) is -1.68. The zero-order valence-corrected chi connectivity index (χ0v) is 12.8. The lowest BCUT2D eigenvalue weighted by Gasteiger charge is -2.54. The molecule has 6 heteroatoms. The molecule has 0 radical (unpaired) electrons. The third-order valence-electron chi connectivity index (χ3n) is 4.31. The minimum Gasteiger partial charge on any atom is -0.475 e. The average molecular weight is 295 g/mol. The molecular formula is C15H21NO5. The van der Waals surface area contributed by atoms with Crippen molar-refractivity contribution < 1.29 is 23.8 Å². The van der Waals surface area contributed by atoms with Gasteiger partial charge in [0, 0.05) is 25.1 Å². The second-order valence-electron chi connectivity index (χ2n) is 5.90. The zero-order chi connectivity index (χ0) is 15.8. The minimum absolute atomic E-state index is 0.0416. The topological polar surface area (TPSA) is 80.0 Å². The van der Waals surface area contributed by atoms with Crippen molar-refractivity contribution in [2.45, 2.75) is 39.3 Å². The van der Waals surface area contributed by atoms with Crippen LogP contribution in [-0.4, -0.2) is 47.7 Å². The summed E-state index contributed by atoms with van der Waals surface area (Å²) in [6, 6.07) is 2.73. The standard InChI is InChI=1S/C15H21NO5/c1-5-20-12-8-11(15(12,2)3)16(4)13(17)9-6-7-10(21-9)14(18)19/h6-7,11-12H,5,8H2,1-4H3,(H,18,19). The van der Waals surface area contributed by atoms with Crippen LogP contribution in [0.25, 0.3) is 0 Å². The van der Waals surface area contributed by atoms with E-state index in [1.165, 1.54) is 12.1 Å². The number of carboxylic acids is 1. The van der Waals surface area contributed by atoms with Gasteiger partial charge in [0.25, 0.3) is 5.91 Å². The van der Waals surface area contributed by atoms with Crippen LogP contribution in [0.15, 0.2) is 16.5 Å². The maximum atomic E-state index is 12.4. The lowest BCUT2D eigenvalue weighted by Crippen LogP contribution is -2.62. The van der Waals surface area contributed by atoms with Crippen LogP contribution in [-0.2, 0) is 4.74 Å². The maximum Gasteiger partial charge on any atom is 0.371 e. The highest BCUT2D eigenvalue weighted by Gasteiger charge is 2.52. The van der Waals surface area contributed by atoms with Crippen molar-refractivity contribution >= 4 is 11.9 Å². The number of aromatic carboxylic acids is 1. The van der Waals surface area contributed by atoms with Gasteiger partial charge >= 0.3 is 5.97 Å². The number of carbonyl (C=O) groups excluding carboxylic acids is 1. The first-order valence-electron chi connectivity index (χ1n) is 7.01. The highest BCUT2D eigenvalue weighted by Crippen LogP contribution is 2.45. The van der Waals surface area contributed by atoms with Gasteiger partial charge in [-0.1, -0.05) is 13.8 Å². The molecule has 0 saturated heterocycles. The number of furan rings is 1. The largest absolute Gasteiger partial charge is 0.475 e. The molecule has 2 rings (SSSR count). The average Bonchev–Trinajstić information content (AvgIpc) is 2.91. The van der Waals surface area contributed by atoms with E-state index in [-0.39, 0.29) is 35.0 Å². The third kappa shape index (κ3) is 2.68. The van der Waals surface area contributed by atoms with Crippen LogP contribution >= 0.6 is 0 Å². The number of carbonyl (C=O) groups is 2. The molecule has 0 aliphatic heterocycles. The summed E-state index contributed by atoms with van der Waals surface area (Å²) >= 11 is 0. The molecule has 21 heavy (non-hydrogen) atoms. The van der Waals surface area contributed by atoms with E-state index < -0.39 is 5.97 Å². The predicted molar refractivity (Wildman–Crippen MR) is 75.4 cm³/mol. The number of hydrogen-bond acceptors (Lipinski definition) is 4. The lowest BCUT2D eigenvalue weighted by atomic mass is 9.64. The van der Waals surface area contributed by atoms with Crippen LogP contribution in [0.3, 0.4) is 0 Å². The molecule has 1 aliphatic carbocycles. The summed E-state index contributed by atoms with van der Waals surface area (Å²) in [5.41, 5.74) is -0.136. The van der Waals surface area contributed by atoms with Gasteiger partial charge in [-0.3, -0.25) is 4.79 Å². The Morgan fingerprint density at radius 1 is 1.43 bits per heavy atom. The number of hydrogen-bond donors (Lipinski definition) is 1. The molecule has 0 bridgehead atoms. The van der Waals surface area contributed by atoms with Crippen LogP contribution in [0.1, 0.15) is 48.3 Å². The smallest absolute Gasteiger partial charge is 0.371 e. The third-order valence-corrected chi connectivity index (χ3v) is 4.31. The van der Waals surface area contributed by atoms with Gasteiger partial charge in [0.1, 0.15) is 0 Å². The van der Waals surface area contributed by atoms with Gasteiger partial charge in [-0.15, -0.1) is 0 Å². The Bertz CT molecular complexity index is 548. The van der Waals surface area contributed by atoms with Crippen molar-refractivity contribution in [3.05, 3.63) is 23.7 Å². The second kappa shape index (κ2) is 5.52. The van der Waals surface area contributed by atoms with Gasteiger partial charge < -0.3 is 19.2 Å². The van der Waals surface area contributed by atoms with Gasteiger partial charge in [0.05, 0.1) is 6.10 Å². The van der Waals surface area contributed by atoms with E-state index in [9.17, 15) is 9.59 Å². The summed E-state index contributed by atoms with van der Waals surface area (Å²) in [7, 11) is 1.71. The van der Waals surface area contributed by atoms with Gasteiger partial charge in [-0.2, -0.15) is 0 Å². The number of nitrogens with zero attached hydrogens (tertiary/aromatic N) is 1. The van der Waals surface area contributed by atoms with Crippen molar-refractivity contribution in [2.75, 3.05) is 13.7 Å². The summed E-state index contributed by atoms with van der Waals surface area (Å²) in [4.78, 5) is 24.8. The van der Waals surface area contributed by atoms with Crippen molar-refractivity contribution in [1.82, 2.24) is 4.90 Å². The molecule has 2 atom stereocenters. The Labute approximate surface area is 123 Å². The minimum atomic E-state index is -1.18. The van der Waals surface area contributed by atoms with Gasteiger partial charge in [0.2, 0.25) is 5.76 Å². The molecule has 1 fully saturated rings. The maximum absolute atomic E-state index is 12.4. The Balaban J connectivity index is 2.08. The Hall–Kier alpha value is -1.82. The summed E-state index contributed by atoms with van der Waals surface area (Å²) in [6.07, 6.45) is 0.907. The van der Waals surface area contributed by atoms with Crippen molar-refractivity contribution in [3.8, 4) is 0 Å². The molecule has 0 spiro atoms.